The van der Waals surface area contributed by atoms with Crippen LogP contribution in [0.3, 0.4) is 0 Å². The summed E-state index contributed by atoms with van der Waals surface area (Å²) >= 11 is 0. The smallest absolute Gasteiger partial charge is 0.0237 e. The molecule has 0 heterocycles. The Balaban J connectivity index is 2.08. The van der Waals surface area contributed by atoms with Gasteiger partial charge in [0.2, 0.25) is 0 Å². The normalized spacial score (nSPS) is 20.9. The van der Waals surface area contributed by atoms with Crippen LogP contribution in [0.2, 0.25) is 0 Å². The van der Waals surface area contributed by atoms with Crippen molar-refractivity contribution in [3.63, 3.8) is 0 Å². The zero-order valence-corrected chi connectivity index (χ0v) is 11.1. The maximum Gasteiger partial charge on any atom is 0.0237 e. The molecular weight excluding hydrogens is 216 g/mol. The molecule has 18 heavy (non-hydrogen) atoms. The van der Waals surface area contributed by atoms with Crippen LogP contribution in [0.15, 0.2) is 60.7 Å². The molecule has 1 aliphatic carbocycles. The van der Waals surface area contributed by atoms with Crippen LogP contribution in [-0.4, -0.2) is 0 Å². The Morgan fingerprint density at radius 1 is 0.833 bits per heavy atom. The third kappa shape index (κ3) is 1.68. The van der Waals surface area contributed by atoms with Crippen molar-refractivity contribution in [3.05, 3.63) is 71.8 Å². The van der Waals surface area contributed by atoms with Gasteiger partial charge in [-0.3, -0.25) is 0 Å². The van der Waals surface area contributed by atoms with Crippen LogP contribution in [0, 0.1) is 11.8 Å². The van der Waals surface area contributed by atoms with Crippen molar-refractivity contribution in [3.8, 4) is 0 Å². The minimum Gasteiger partial charge on any atom is -0.0625 e. The minimum atomic E-state index is 0.274. The first-order valence-electron chi connectivity index (χ1n) is 6.86. The van der Waals surface area contributed by atoms with E-state index < -0.39 is 0 Å². The topological polar surface area (TPSA) is 0 Å². The highest BCUT2D eigenvalue weighted by atomic mass is 14.6. The largest absolute Gasteiger partial charge is 0.0625 e. The molecule has 2 aromatic carbocycles. The fourth-order valence-corrected chi connectivity index (χ4v) is 3.39. The standard InChI is InChI=1S/C18H20/c1-14(2)17-13-18(17,15-9-5-3-6-10-15)16-11-7-4-8-12-16/h3-12,14,17H,13H2,1-2H3. The highest BCUT2D eigenvalue weighted by molar-refractivity contribution is 5.47. The van der Waals surface area contributed by atoms with Crippen molar-refractivity contribution in [1.82, 2.24) is 0 Å². The second-order valence-corrected chi connectivity index (χ2v) is 5.76. The number of rotatable bonds is 3. The average Bonchev–Trinajstić information content (AvgIpc) is 3.18. The Morgan fingerprint density at radius 3 is 1.61 bits per heavy atom. The molecule has 0 heteroatoms. The fourth-order valence-electron chi connectivity index (χ4n) is 3.39. The van der Waals surface area contributed by atoms with E-state index in [1.54, 1.807) is 0 Å². The van der Waals surface area contributed by atoms with Gasteiger partial charge in [-0.05, 0) is 29.4 Å². The van der Waals surface area contributed by atoms with Crippen LogP contribution in [0.1, 0.15) is 31.4 Å². The summed E-state index contributed by atoms with van der Waals surface area (Å²) in [5.74, 6) is 1.52. The molecule has 1 unspecified atom stereocenters. The van der Waals surface area contributed by atoms with Crippen molar-refractivity contribution in [2.75, 3.05) is 0 Å². The van der Waals surface area contributed by atoms with Crippen LogP contribution < -0.4 is 0 Å². The molecule has 2 aromatic rings. The van der Waals surface area contributed by atoms with E-state index in [2.05, 4.69) is 74.5 Å². The molecule has 0 aliphatic heterocycles. The second kappa shape index (κ2) is 4.28. The second-order valence-electron chi connectivity index (χ2n) is 5.76. The van der Waals surface area contributed by atoms with Gasteiger partial charge in [0.15, 0.2) is 0 Å². The summed E-state index contributed by atoms with van der Waals surface area (Å²) in [5, 5.41) is 0. The zero-order valence-electron chi connectivity index (χ0n) is 11.1. The summed E-state index contributed by atoms with van der Waals surface area (Å²) in [6, 6.07) is 22.0. The van der Waals surface area contributed by atoms with Crippen molar-refractivity contribution in [1.29, 1.82) is 0 Å². The molecule has 0 nitrogen and oxygen atoms in total. The quantitative estimate of drug-likeness (QED) is 0.727. The van der Waals surface area contributed by atoms with Crippen molar-refractivity contribution in [2.45, 2.75) is 25.7 Å². The molecule has 0 saturated heterocycles. The number of benzene rings is 2. The van der Waals surface area contributed by atoms with Gasteiger partial charge in [-0.15, -0.1) is 0 Å². The SMILES string of the molecule is CC(C)C1CC1(c1ccccc1)c1ccccc1. The molecule has 1 atom stereocenters. The monoisotopic (exact) mass is 236 g/mol. The Bertz CT molecular complexity index is 471. The van der Waals surface area contributed by atoms with Crippen LogP contribution >= 0.6 is 0 Å². The van der Waals surface area contributed by atoms with E-state index in [4.69, 9.17) is 0 Å². The molecule has 1 aliphatic rings. The lowest BCUT2D eigenvalue weighted by molar-refractivity contribution is 0.513. The Kier molecular flexibility index (Phi) is 2.74. The summed E-state index contributed by atoms with van der Waals surface area (Å²) in [5.41, 5.74) is 3.24. The number of hydrogen-bond donors (Lipinski definition) is 0. The van der Waals surface area contributed by atoms with Gasteiger partial charge in [0.25, 0.3) is 0 Å². The minimum absolute atomic E-state index is 0.274. The molecule has 3 rings (SSSR count). The highest BCUT2D eigenvalue weighted by Gasteiger charge is 2.57. The van der Waals surface area contributed by atoms with Gasteiger partial charge in [0, 0.05) is 5.41 Å². The van der Waals surface area contributed by atoms with E-state index in [-0.39, 0.29) is 5.41 Å². The molecule has 92 valence electrons. The lowest BCUT2D eigenvalue weighted by atomic mass is 9.83. The van der Waals surface area contributed by atoms with E-state index in [0.717, 1.165) is 11.8 Å². The zero-order chi connectivity index (χ0) is 12.6. The molecule has 1 fully saturated rings. The van der Waals surface area contributed by atoms with Crippen LogP contribution in [-0.2, 0) is 5.41 Å². The summed E-state index contributed by atoms with van der Waals surface area (Å²) in [6.07, 6.45) is 1.29. The molecule has 0 N–H and O–H groups in total. The van der Waals surface area contributed by atoms with Crippen LogP contribution in [0.4, 0.5) is 0 Å². The third-order valence-electron chi connectivity index (χ3n) is 4.40. The first-order chi connectivity index (χ1) is 8.75. The average molecular weight is 236 g/mol. The van der Waals surface area contributed by atoms with E-state index in [1.165, 1.54) is 17.5 Å². The summed E-state index contributed by atoms with van der Waals surface area (Å²) in [7, 11) is 0. The summed E-state index contributed by atoms with van der Waals surface area (Å²) in [4.78, 5) is 0. The van der Waals surface area contributed by atoms with Crippen LogP contribution in [0.5, 0.6) is 0 Å². The fraction of sp³-hybridized carbons (Fsp3) is 0.333. The van der Waals surface area contributed by atoms with Crippen molar-refractivity contribution >= 4 is 0 Å². The third-order valence-corrected chi connectivity index (χ3v) is 4.40. The first-order valence-corrected chi connectivity index (χ1v) is 6.86. The highest BCUT2D eigenvalue weighted by Crippen LogP contribution is 2.61. The molecule has 0 bridgehead atoms. The molecule has 0 aromatic heterocycles. The van der Waals surface area contributed by atoms with E-state index in [1.807, 2.05) is 0 Å². The predicted octanol–water partition coefficient (Wildman–Crippen LogP) is 4.65. The van der Waals surface area contributed by atoms with E-state index in [0.29, 0.717) is 0 Å². The maximum atomic E-state index is 2.35. The van der Waals surface area contributed by atoms with Gasteiger partial charge < -0.3 is 0 Å². The van der Waals surface area contributed by atoms with E-state index in [9.17, 15) is 0 Å². The molecule has 0 radical (unpaired) electrons. The Morgan fingerprint density at radius 2 is 1.28 bits per heavy atom. The Hall–Kier alpha value is -1.56. The van der Waals surface area contributed by atoms with Crippen molar-refractivity contribution in [2.24, 2.45) is 11.8 Å². The lowest BCUT2D eigenvalue weighted by Crippen LogP contribution is -2.14. The van der Waals surface area contributed by atoms with Gasteiger partial charge in [0.1, 0.15) is 0 Å². The molecular formula is C18H20. The molecule has 1 saturated carbocycles. The van der Waals surface area contributed by atoms with Gasteiger partial charge in [-0.2, -0.15) is 0 Å². The summed E-state index contributed by atoms with van der Waals surface area (Å²) < 4.78 is 0. The number of hydrogen-bond acceptors (Lipinski definition) is 0. The first kappa shape index (κ1) is 11.5. The Labute approximate surface area is 110 Å². The molecule has 0 spiro atoms. The van der Waals surface area contributed by atoms with Gasteiger partial charge in [0.05, 0.1) is 0 Å². The lowest BCUT2D eigenvalue weighted by Gasteiger charge is -2.20. The predicted molar refractivity (Wildman–Crippen MR) is 76.6 cm³/mol. The van der Waals surface area contributed by atoms with E-state index >= 15 is 0 Å². The van der Waals surface area contributed by atoms with Crippen LogP contribution in [0.25, 0.3) is 0 Å². The van der Waals surface area contributed by atoms with Gasteiger partial charge >= 0.3 is 0 Å². The maximum absolute atomic E-state index is 2.35. The van der Waals surface area contributed by atoms with Gasteiger partial charge in [-0.1, -0.05) is 74.5 Å². The van der Waals surface area contributed by atoms with Crippen molar-refractivity contribution < 1.29 is 0 Å². The summed E-state index contributed by atoms with van der Waals surface area (Å²) in [6.45, 7) is 4.69. The molecule has 0 amide bonds. The van der Waals surface area contributed by atoms with Gasteiger partial charge in [-0.25, -0.2) is 0 Å².